The van der Waals surface area contributed by atoms with E-state index in [1.165, 1.54) is 0 Å². The zero-order chi connectivity index (χ0) is 10.3. The van der Waals surface area contributed by atoms with Crippen LogP contribution in [-0.4, -0.2) is 13.4 Å². The second-order valence-electron chi connectivity index (χ2n) is 3.67. The summed E-state index contributed by atoms with van der Waals surface area (Å²) in [4.78, 5) is 3.82. The van der Waals surface area contributed by atoms with Crippen LogP contribution in [0.1, 0.15) is 26.7 Å². The van der Waals surface area contributed by atoms with Crippen molar-refractivity contribution in [2.24, 2.45) is 0 Å². The van der Waals surface area contributed by atoms with Crippen molar-refractivity contribution in [2.45, 2.75) is 31.3 Å². The van der Waals surface area contributed by atoms with E-state index in [9.17, 15) is 8.42 Å². The first-order chi connectivity index (χ1) is 5.71. The van der Waals surface area contributed by atoms with E-state index in [2.05, 4.69) is 4.98 Å². The Morgan fingerprint density at radius 2 is 2.00 bits per heavy atom. The molecule has 0 radical (unpaired) electrons. The van der Waals surface area contributed by atoms with Crippen LogP contribution in [0.4, 0.5) is 0 Å². The topological polar surface area (TPSA) is 60.2 Å². The molecular weight excluding hydrogens is 214 g/mol. The monoisotopic (exact) mass is 223 g/mol. The standard InChI is InChI=1S/C7H10ClNO3S/c1-7(2,3)6-9-4-5(12-6)13(8,10)11/h4H,1-3H3. The molecule has 4 nitrogen and oxygen atoms in total. The van der Waals surface area contributed by atoms with E-state index in [0.717, 1.165) is 6.20 Å². The SMILES string of the molecule is CC(C)(C)c1ncc(S(=O)(=O)Cl)o1. The molecule has 0 amide bonds. The van der Waals surface area contributed by atoms with Crippen molar-refractivity contribution < 1.29 is 12.8 Å². The molecule has 0 N–H and O–H groups in total. The fourth-order valence-electron chi connectivity index (χ4n) is 0.719. The molecule has 0 aromatic carbocycles. The van der Waals surface area contributed by atoms with Crippen LogP contribution in [0.2, 0.25) is 0 Å². The fourth-order valence-corrected chi connectivity index (χ4v) is 1.29. The second kappa shape index (κ2) is 2.99. The molecule has 0 atom stereocenters. The molecule has 0 spiro atoms. The van der Waals surface area contributed by atoms with Crippen LogP contribution in [0.15, 0.2) is 15.7 Å². The third-order valence-corrected chi connectivity index (χ3v) is 2.49. The molecule has 0 aliphatic carbocycles. The highest BCUT2D eigenvalue weighted by Gasteiger charge is 2.24. The molecule has 0 aliphatic rings. The first kappa shape index (κ1) is 10.5. The van der Waals surface area contributed by atoms with E-state index in [0.29, 0.717) is 5.89 Å². The Bertz CT molecular complexity index is 402. The third-order valence-electron chi connectivity index (χ3n) is 1.37. The Balaban J connectivity index is 3.16. The molecule has 0 fully saturated rings. The Kier molecular flexibility index (Phi) is 2.42. The minimum absolute atomic E-state index is 0.306. The molecule has 0 aliphatic heterocycles. The molecule has 1 aromatic heterocycles. The summed E-state index contributed by atoms with van der Waals surface area (Å²) < 4.78 is 26.6. The van der Waals surface area contributed by atoms with Crippen molar-refractivity contribution in [3.8, 4) is 0 Å². The quantitative estimate of drug-likeness (QED) is 0.683. The maximum absolute atomic E-state index is 10.8. The van der Waals surface area contributed by atoms with Gasteiger partial charge < -0.3 is 4.42 Å². The zero-order valence-corrected chi connectivity index (χ0v) is 9.11. The maximum Gasteiger partial charge on any atom is 0.296 e. The Hall–Kier alpha value is -0.550. The number of nitrogens with zero attached hydrogens (tertiary/aromatic N) is 1. The van der Waals surface area contributed by atoms with Crippen molar-refractivity contribution in [1.29, 1.82) is 0 Å². The lowest BCUT2D eigenvalue weighted by molar-refractivity contribution is 0.345. The molecule has 0 bridgehead atoms. The van der Waals surface area contributed by atoms with Gasteiger partial charge >= 0.3 is 0 Å². The summed E-state index contributed by atoms with van der Waals surface area (Å²) in [7, 11) is 1.26. The highest BCUT2D eigenvalue weighted by molar-refractivity contribution is 8.13. The van der Waals surface area contributed by atoms with Crippen LogP contribution in [-0.2, 0) is 14.5 Å². The van der Waals surface area contributed by atoms with Crippen molar-refractivity contribution in [3.05, 3.63) is 12.1 Å². The lowest BCUT2D eigenvalue weighted by Gasteiger charge is -2.11. The molecule has 74 valence electrons. The lowest BCUT2D eigenvalue weighted by atomic mass is 9.97. The summed E-state index contributed by atoms with van der Waals surface area (Å²) in [6.07, 6.45) is 1.11. The average Bonchev–Trinajstić information content (AvgIpc) is 2.28. The predicted octanol–water partition coefficient (Wildman–Crippen LogP) is 1.90. The van der Waals surface area contributed by atoms with Gasteiger partial charge in [-0.05, 0) is 0 Å². The second-order valence-corrected chi connectivity index (χ2v) is 6.17. The smallest absolute Gasteiger partial charge is 0.296 e. The molecule has 0 unspecified atom stereocenters. The van der Waals surface area contributed by atoms with Crippen molar-refractivity contribution >= 4 is 19.7 Å². The summed E-state index contributed by atoms with van der Waals surface area (Å²) in [5.41, 5.74) is -0.320. The van der Waals surface area contributed by atoms with Crippen LogP contribution < -0.4 is 0 Å². The van der Waals surface area contributed by atoms with Crippen molar-refractivity contribution in [3.63, 3.8) is 0 Å². The Labute approximate surface area is 81.3 Å². The number of aromatic nitrogens is 1. The molecule has 13 heavy (non-hydrogen) atoms. The average molecular weight is 224 g/mol. The predicted molar refractivity (Wildman–Crippen MR) is 48.2 cm³/mol. The lowest BCUT2D eigenvalue weighted by Crippen LogP contribution is -2.11. The molecule has 1 rings (SSSR count). The highest BCUT2D eigenvalue weighted by Crippen LogP contribution is 2.24. The van der Waals surface area contributed by atoms with Gasteiger partial charge in [-0.1, -0.05) is 20.8 Å². The normalized spacial score (nSPS) is 13.2. The van der Waals surface area contributed by atoms with Gasteiger partial charge in [-0.3, -0.25) is 0 Å². The fraction of sp³-hybridized carbons (Fsp3) is 0.571. The van der Waals surface area contributed by atoms with E-state index in [1.54, 1.807) is 0 Å². The Morgan fingerprint density at radius 3 is 2.23 bits per heavy atom. The van der Waals surface area contributed by atoms with Gasteiger partial charge in [0.2, 0.25) is 5.89 Å². The number of hydrogen-bond donors (Lipinski definition) is 0. The molecule has 0 saturated carbocycles. The van der Waals surface area contributed by atoms with Gasteiger partial charge in [-0.15, -0.1) is 0 Å². The minimum atomic E-state index is -3.80. The molecule has 1 heterocycles. The van der Waals surface area contributed by atoms with Crippen LogP contribution in [0.5, 0.6) is 0 Å². The number of rotatable bonds is 1. The van der Waals surface area contributed by atoms with Gasteiger partial charge in [-0.25, -0.2) is 13.4 Å². The molecule has 6 heteroatoms. The van der Waals surface area contributed by atoms with Crippen LogP contribution in [0.25, 0.3) is 0 Å². The van der Waals surface area contributed by atoms with Gasteiger partial charge in [-0.2, -0.15) is 0 Å². The van der Waals surface area contributed by atoms with E-state index < -0.39 is 9.05 Å². The van der Waals surface area contributed by atoms with Gasteiger partial charge in [0, 0.05) is 16.1 Å². The first-order valence-corrected chi connectivity index (χ1v) is 5.93. The zero-order valence-electron chi connectivity index (χ0n) is 7.54. The van der Waals surface area contributed by atoms with Crippen molar-refractivity contribution in [2.75, 3.05) is 0 Å². The molecule has 1 aromatic rings. The summed E-state index contributed by atoms with van der Waals surface area (Å²) in [5, 5.41) is -0.306. The van der Waals surface area contributed by atoms with E-state index >= 15 is 0 Å². The van der Waals surface area contributed by atoms with Gasteiger partial charge in [0.05, 0.1) is 6.20 Å². The summed E-state index contributed by atoms with van der Waals surface area (Å²) >= 11 is 0. The highest BCUT2D eigenvalue weighted by atomic mass is 35.7. The summed E-state index contributed by atoms with van der Waals surface area (Å²) in [6.45, 7) is 5.59. The van der Waals surface area contributed by atoms with Gasteiger partial charge in [0.15, 0.2) is 0 Å². The summed E-state index contributed by atoms with van der Waals surface area (Å²) in [5.74, 6) is 0.353. The Morgan fingerprint density at radius 1 is 1.46 bits per heavy atom. The van der Waals surface area contributed by atoms with Gasteiger partial charge in [0.1, 0.15) is 0 Å². The summed E-state index contributed by atoms with van der Waals surface area (Å²) in [6, 6.07) is 0. The minimum Gasteiger partial charge on any atom is -0.427 e. The van der Waals surface area contributed by atoms with E-state index in [4.69, 9.17) is 15.1 Å². The maximum atomic E-state index is 10.8. The van der Waals surface area contributed by atoms with Crippen LogP contribution in [0, 0.1) is 0 Å². The van der Waals surface area contributed by atoms with Crippen LogP contribution >= 0.6 is 10.7 Å². The third kappa shape index (κ3) is 2.45. The molecular formula is C7H10ClNO3S. The number of oxazole rings is 1. The van der Waals surface area contributed by atoms with E-state index in [1.807, 2.05) is 20.8 Å². The largest absolute Gasteiger partial charge is 0.427 e. The molecule has 0 saturated heterocycles. The van der Waals surface area contributed by atoms with Crippen LogP contribution in [0.3, 0.4) is 0 Å². The van der Waals surface area contributed by atoms with Crippen molar-refractivity contribution in [1.82, 2.24) is 4.98 Å². The number of hydrogen-bond acceptors (Lipinski definition) is 4. The van der Waals surface area contributed by atoms with Gasteiger partial charge in [0.25, 0.3) is 14.1 Å². The number of halogens is 1. The van der Waals surface area contributed by atoms with E-state index in [-0.39, 0.29) is 10.5 Å². The first-order valence-electron chi connectivity index (χ1n) is 3.62.